The van der Waals surface area contributed by atoms with Crippen molar-refractivity contribution in [2.24, 2.45) is 5.41 Å². The molecule has 1 aromatic rings. The molecule has 0 saturated heterocycles. The lowest BCUT2D eigenvalue weighted by Crippen LogP contribution is -2.39. The second-order valence-electron chi connectivity index (χ2n) is 6.37. The van der Waals surface area contributed by atoms with Crippen molar-refractivity contribution in [3.8, 4) is 0 Å². The third-order valence-electron chi connectivity index (χ3n) is 4.13. The van der Waals surface area contributed by atoms with Crippen molar-refractivity contribution in [1.82, 2.24) is 5.32 Å². The quantitative estimate of drug-likeness (QED) is 0.875. The fourth-order valence-corrected chi connectivity index (χ4v) is 2.39. The zero-order chi connectivity index (χ0) is 14.8. The van der Waals surface area contributed by atoms with Gasteiger partial charge in [-0.3, -0.25) is 0 Å². The van der Waals surface area contributed by atoms with Gasteiger partial charge in [0.05, 0.1) is 0 Å². The lowest BCUT2D eigenvalue weighted by atomic mass is 9.87. The zero-order valence-electron chi connectivity index (χ0n) is 13.2. The molecule has 3 heteroatoms. The van der Waals surface area contributed by atoms with E-state index in [1.54, 1.807) is 0 Å². The van der Waals surface area contributed by atoms with Gasteiger partial charge in [0.2, 0.25) is 0 Å². The van der Waals surface area contributed by atoms with E-state index >= 15 is 0 Å². The molecule has 0 saturated carbocycles. The van der Waals surface area contributed by atoms with Crippen LogP contribution in [0.4, 0.5) is 5.69 Å². The fourth-order valence-electron chi connectivity index (χ4n) is 2.05. The number of halogens is 1. The molecule has 1 rings (SSSR count). The summed E-state index contributed by atoms with van der Waals surface area (Å²) >= 11 is 6.40. The average Bonchev–Trinajstić information content (AvgIpc) is 2.34. The molecular weight excluding hydrogens is 256 g/mol. The highest BCUT2D eigenvalue weighted by Gasteiger charge is 2.24. The highest BCUT2D eigenvalue weighted by molar-refractivity contribution is 6.31. The normalized spacial score (nSPS) is 15.2. The molecule has 0 spiro atoms. The molecule has 2 unspecified atom stereocenters. The second kappa shape index (κ2) is 6.15. The van der Waals surface area contributed by atoms with Crippen molar-refractivity contribution >= 4 is 17.3 Å². The minimum atomic E-state index is 0.234. The molecular formula is C16H27ClN2. The summed E-state index contributed by atoms with van der Waals surface area (Å²) in [4.78, 5) is 2.29. The molecule has 0 bridgehead atoms. The molecule has 0 heterocycles. The van der Waals surface area contributed by atoms with Gasteiger partial charge in [-0.15, -0.1) is 0 Å². The minimum Gasteiger partial charge on any atom is -0.371 e. The maximum Gasteiger partial charge on any atom is 0.0474 e. The summed E-state index contributed by atoms with van der Waals surface area (Å²) in [5, 5.41) is 4.05. The van der Waals surface area contributed by atoms with E-state index in [0.717, 1.165) is 10.6 Å². The molecule has 0 aliphatic carbocycles. The Labute approximate surface area is 123 Å². The summed E-state index contributed by atoms with van der Waals surface area (Å²) in [5.41, 5.74) is 2.54. The van der Waals surface area contributed by atoms with E-state index in [9.17, 15) is 0 Å². The van der Waals surface area contributed by atoms with Gasteiger partial charge in [0.1, 0.15) is 0 Å². The first-order valence-corrected chi connectivity index (χ1v) is 7.25. The number of rotatable bonds is 4. The number of hydrogen-bond donors (Lipinski definition) is 1. The van der Waals surface area contributed by atoms with Gasteiger partial charge < -0.3 is 10.2 Å². The number of nitrogens with one attached hydrogen (secondary N) is 1. The van der Waals surface area contributed by atoms with Crippen LogP contribution in [0.15, 0.2) is 18.2 Å². The van der Waals surface area contributed by atoms with Gasteiger partial charge in [-0.2, -0.15) is 0 Å². The third kappa shape index (κ3) is 3.87. The molecule has 0 aromatic heterocycles. The van der Waals surface area contributed by atoms with Crippen LogP contribution in [-0.4, -0.2) is 20.1 Å². The Bertz CT molecular complexity index is 423. The third-order valence-corrected chi connectivity index (χ3v) is 4.45. The number of nitrogens with zero attached hydrogens (tertiary/aromatic N) is 1. The molecule has 0 amide bonds. The first-order valence-electron chi connectivity index (χ1n) is 6.88. The van der Waals surface area contributed by atoms with Gasteiger partial charge in [0, 0.05) is 29.8 Å². The van der Waals surface area contributed by atoms with Crippen LogP contribution in [0.3, 0.4) is 0 Å². The first kappa shape index (κ1) is 16.3. The van der Waals surface area contributed by atoms with Gasteiger partial charge in [-0.05, 0) is 44.0 Å². The van der Waals surface area contributed by atoms with Crippen molar-refractivity contribution in [3.05, 3.63) is 28.8 Å². The van der Waals surface area contributed by atoms with Crippen LogP contribution in [0.2, 0.25) is 5.02 Å². The highest BCUT2D eigenvalue weighted by Crippen LogP contribution is 2.31. The lowest BCUT2D eigenvalue weighted by Gasteiger charge is -2.37. The van der Waals surface area contributed by atoms with Gasteiger partial charge >= 0.3 is 0 Å². The SMILES string of the molecule is CNC(C)c1ccc(N(C)C(C)C(C)(C)C)cc1Cl. The van der Waals surface area contributed by atoms with E-state index in [4.69, 9.17) is 11.6 Å². The lowest BCUT2D eigenvalue weighted by molar-refractivity contribution is 0.330. The van der Waals surface area contributed by atoms with Crippen LogP contribution >= 0.6 is 11.6 Å². The Morgan fingerprint density at radius 3 is 2.21 bits per heavy atom. The van der Waals surface area contributed by atoms with E-state index in [2.05, 4.69) is 70.1 Å². The largest absolute Gasteiger partial charge is 0.371 e. The van der Waals surface area contributed by atoms with Crippen LogP contribution in [0.1, 0.15) is 46.2 Å². The number of benzene rings is 1. The summed E-state index contributed by atoms with van der Waals surface area (Å²) in [6, 6.07) is 7.04. The predicted octanol–water partition coefficient (Wildman–Crippen LogP) is 4.49. The van der Waals surface area contributed by atoms with E-state index in [1.165, 1.54) is 5.69 Å². The van der Waals surface area contributed by atoms with Crippen molar-refractivity contribution in [2.45, 2.75) is 46.7 Å². The molecule has 1 N–H and O–H groups in total. The van der Waals surface area contributed by atoms with E-state index in [0.29, 0.717) is 6.04 Å². The van der Waals surface area contributed by atoms with Crippen LogP contribution < -0.4 is 10.2 Å². The molecule has 2 atom stereocenters. The minimum absolute atomic E-state index is 0.234. The maximum atomic E-state index is 6.40. The number of anilines is 1. The maximum absolute atomic E-state index is 6.40. The summed E-state index contributed by atoms with van der Waals surface area (Å²) in [6.45, 7) is 11.1. The Morgan fingerprint density at radius 1 is 1.21 bits per heavy atom. The van der Waals surface area contributed by atoms with Crippen molar-refractivity contribution in [3.63, 3.8) is 0 Å². The molecule has 2 nitrogen and oxygen atoms in total. The molecule has 0 aliphatic rings. The Hall–Kier alpha value is -0.730. The Morgan fingerprint density at radius 2 is 1.79 bits per heavy atom. The van der Waals surface area contributed by atoms with E-state index in [-0.39, 0.29) is 11.5 Å². The van der Waals surface area contributed by atoms with Gasteiger partial charge in [-0.25, -0.2) is 0 Å². The summed E-state index contributed by atoms with van der Waals surface area (Å²) in [7, 11) is 4.07. The molecule has 0 radical (unpaired) electrons. The molecule has 108 valence electrons. The van der Waals surface area contributed by atoms with Gasteiger partial charge in [0.15, 0.2) is 0 Å². The fraction of sp³-hybridized carbons (Fsp3) is 0.625. The standard InChI is InChI=1S/C16H27ClN2/c1-11(18-6)14-9-8-13(10-15(14)17)19(7)12(2)16(3,4)5/h8-12,18H,1-7H3. The number of hydrogen-bond acceptors (Lipinski definition) is 2. The first-order chi connectivity index (χ1) is 8.68. The summed E-state index contributed by atoms with van der Waals surface area (Å²) < 4.78 is 0. The monoisotopic (exact) mass is 282 g/mol. The van der Waals surface area contributed by atoms with E-state index < -0.39 is 0 Å². The average molecular weight is 283 g/mol. The Balaban J connectivity index is 3.01. The molecule has 1 aromatic carbocycles. The Kier molecular flexibility index (Phi) is 5.28. The highest BCUT2D eigenvalue weighted by atomic mass is 35.5. The van der Waals surface area contributed by atoms with Gasteiger partial charge in [-0.1, -0.05) is 38.4 Å². The van der Waals surface area contributed by atoms with Crippen LogP contribution in [0.5, 0.6) is 0 Å². The van der Waals surface area contributed by atoms with E-state index in [1.807, 2.05) is 7.05 Å². The van der Waals surface area contributed by atoms with Gasteiger partial charge in [0.25, 0.3) is 0 Å². The van der Waals surface area contributed by atoms with Crippen LogP contribution in [-0.2, 0) is 0 Å². The van der Waals surface area contributed by atoms with Crippen LogP contribution in [0, 0.1) is 5.41 Å². The zero-order valence-corrected chi connectivity index (χ0v) is 14.0. The van der Waals surface area contributed by atoms with Crippen molar-refractivity contribution in [2.75, 3.05) is 19.0 Å². The van der Waals surface area contributed by atoms with Crippen molar-refractivity contribution < 1.29 is 0 Å². The van der Waals surface area contributed by atoms with Crippen molar-refractivity contribution in [1.29, 1.82) is 0 Å². The molecule has 0 fully saturated rings. The molecule has 19 heavy (non-hydrogen) atoms. The summed E-state index contributed by atoms with van der Waals surface area (Å²) in [5.74, 6) is 0. The topological polar surface area (TPSA) is 15.3 Å². The van der Waals surface area contributed by atoms with Crippen LogP contribution in [0.25, 0.3) is 0 Å². The predicted molar refractivity (Wildman–Crippen MR) is 86.2 cm³/mol. The smallest absolute Gasteiger partial charge is 0.0474 e. The second-order valence-corrected chi connectivity index (χ2v) is 6.78. The molecule has 0 aliphatic heterocycles. The summed E-state index contributed by atoms with van der Waals surface area (Å²) in [6.07, 6.45) is 0.